The highest BCUT2D eigenvalue weighted by atomic mass is 35.5. The zero-order chi connectivity index (χ0) is 26.1. The third kappa shape index (κ3) is 4.00. The van der Waals surface area contributed by atoms with E-state index in [2.05, 4.69) is 0 Å². The number of carbonyl (C=O) groups excluding carboxylic acids is 4. The van der Waals surface area contributed by atoms with Crippen molar-refractivity contribution in [2.45, 2.75) is 18.0 Å². The van der Waals surface area contributed by atoms with Gasteiger partial charge in [0.2, 0.25) is 0 Å². The van der Waals surface area contributed by atoms with Crippen LogP contribution < -0.4 is 0 Å². The van der Waals surface area contributed by atoms with Gasteiger partial charge in [0.15, 0.2) is 0 Å². The van der Waals surface area contributed by atoms with Gasteiger partial charge in [-0.3, -0.25) is 19.2 Å². The van der Waals surface area contributed by atoms with Gasteiger partial charge in [0.05, 0.1) is 22.3 Å². The Kier molecular flexibility index (Phi) is 6.79. The van der Waals surface area contributed by atoms with E-state index in [0.717, 1.165) is 0 Å². The van der Waals surface area contributed by atoms with Crippen LogP contribution in [0.15, 0.2) is 48.5 Å². The molecule has 0 N–H and O–H groups in total. The zero-order valence-corrected chi connectivity index (χ0v) is 22.6. The Morgan fingerprint density at radius 2 is 0.714 bits per heavy atom. The lowest BCUT2D eigenvalue weighted by Crippen LogP contribution is -2.61. The van der Waals surface area contributed by atoms with Crippen molar-refractivity contribution in [3.63, 3.8) is 0 Å². The van der Waals surface area contributed by atoms with Crippen LogP contribution >= 0.6 is 92.8 Å². The first kappa shape index (κ1) is 27.0. The minimum Gasteiger partial charge on any atom is -0.302 e. The van der Waals surface area contributed by atoms with Crippen molar-refractivity contribution in [3.8, 4) is 0 Å². The van der Waals surface area contributed by atoms with E-state index in [1.807, 2.05) is 0 Å². The molecule has 2 aliphatic heterocycles. The van der Waals surface area contributed by atoms with Crippen LogP contribution in [0, 0.1) is 0 Å². The van der Waals surface area contributed by atoms with Crippen molar-refractivity contribution in [2.75, 3.05) is 0 Å². The number of benzene rings is 2. The molecule has 0 fully saturated rings. The highest BCUT2D eigenvalue weighted by Gasteiger charge is 2.67. The van der Waals surface area contributed by atoms with Gasteiger partial charge in [0.25, 0.3) is 41.6 Å². The summed E-state index contributed by atoms with van der Waals surface area (Å²) in [4.78, 5) is 52.0. The second kappa shape index (κ2) is 8.79. The number of hydrogen-bond donors (Lipinski definition) is 0. The Balaban J connectivity index is 1.66. The van der Waals surface area contributed by atoms with Crippen LogP contribution in [0.25, 0.3) is 0 Å². The third-order valence-corrected chi connectivity index (χ3v) is 9.02. The first-order valence-electron chi connectivity index (χ1n) is 9.23. The molecule has 2 aromatic carbocycles. The molecule has 184 valence electrons. The van der Waals surface area contributed by atoms with E-state index in [-0.39, 0.29) is 22.3 Å². The second-order valence-electron chi connectivity index (χ2n) is 7.20. The molecule has 0 saturated heterocycles. The molecule has 0 aromatic heterocycles. The smallest absolute Gasteiger partial charge is 0.273 e. The van der Waals surface area contributed by atoms with Gasteiger partial charge in [-0.1, -0.05) is 117 Å². The van der Waals surface area contributed by atoms with Crippen molar-refractivity contribution in [1.82, 2.24) is 9.80 Å². The van der Waals surface area contributed by atoms with Crippen LogP contribution in [0.3, 0.4) is 0 Å². The molecule has 7 nitrogen and oxygen atoms in total. The van der Waals surface area contributed by atoms with Crippen LogP contribution in [0.4, 0.5) is 0 Å². The maximum absolute atomic E-state index is 12.8. The lowest BCUT2D eigenvalue weighted by Gasteiger charge is -2.44. The van der Waals surface area contributed by atoms with E-state index in [9.17, 15) is 19.2 Å². The van der Waals surface area contributed by atoms with E-state index in [0.29, 0.717) is 9.80 Å². The summed E-state index contributed by atoms with van der Waals surface area (Å²) in [6, 6.07) is 11.4. The van der Waals surface area contributed by atoms with Crippen LogP contribution in [-0.2, 0) is 4.74 Å². The first-order chi connectivity index (χ1) is 16.1. The molecule has 0 radical (unpaired) electrons. The molecular formula is C20H8Cl8N2O5. The van der Waals surface area contributed by atoms with Crippen molar-refractivity contribution in [2.24, 2.45) is 0 Å². The number of imide groups is 2. The van der Waals surface area contributed by atoms with Crippen LogP contribution in [-0.4, -0.2) is 51.4 Å². The summed E-state index contributed by atoms with van der Waals surface area (Å²) in [7, 11) is 0. The van der Waals surface area contributed by atoms with Gasteiger partial charge in [-0.25, -0.2) is 9.80 Å². The van der Waals surface area contributed by atoms with Gasteiger partial charge in [0.1, 0.15) is 0 Å². The van der Waals surface area contributed by atoms with E-state index in [1.54, 1.807) is 0 Å². The van der Waals surface area contributed by atoms with Gasteiger partial charge in [0, 0.05) is 0 Å². The minimum absolute atomic E-state index is 0.0367. The number of amides is 4. The molecule has 2 aliphatic rings. The maximum Gasteiger partial charge on any atom is 0.273 e. The molecule has 2 aromatic rings. The number of alkyl halides is 8. The minimum atomic E-state index is -3.01. The molecule has 35 heavy (non-hydrogen) atoms. The second-order valence-corrected chi connectivity index (χ2v) is 12.3. The first-order valence-corrected chi connectivity index (χ1v) is 12.3. The molecule has 0 bridgehead atoms. The van der Waals surface area contributed by atoms with E-state index >= 15 is 0 Å². The SMILES string of the molecule is O=C1c2ccccc2C(=O)N1C(Cl)(Cl)C(Cl)(Cl)OC(Cl)(Cl)C(Cl)(Cl)N1C(=O)c2ccccc2C1=O. The Hall–Kier alpha value is -1.00. The summed E-state index contributed by atoms with van der Waals surface area (Å²) >= 11 is 49.9. The standard InChI is InChI=1S/C20H8Cl8N2O5/c21-17(22,29-13(31)9-5-1-2-6-10(9)14(29)32)19(25,26)35-20(27,28)18(23,24)30-15(33)11-7-3-4-8-12(11)16(30)34/h1-8H. The molecular weight excluding hydrogens is 632 g/mol. The fourth-order valence-electron chi connectivity index (χ4n) is 3.43. The summed E-state index contributed by atoms with van der Waals surface area (Å²) in [5.74, 6) is -3.82. The molecule has 0 saturated carbocycles. The van der Waals surface area contributed by atoms with Crippen LogP contribution in [0.1, 0.15) is 41.4 Å². The fourth-order valence-corrected chi connectivity index (χ4v) is 5.16. The number of hydrogen-bond acceptors (Lipinski definition) is 5. The maximum atomic E-state index is 12.8. The number of carbonyl (C=O) groups is 4. The molecule has 15 heteroatoms. The van der Waals surface area contributed by atoms with Crippen LogP contribution in [0.2, 0.25) is 0 Å². The molecule has 4 amide bonds. The number of halogens is 8. The quantitative estimate of drug-likeness (QED) is 0.216. The van der Waals surface area contributed by atoms with Crippen molar-refractivity contribution in [3.05, 3.63) is 70.8 Å². The summed E-state index contributed by atoms with van der Waals surface area (Å²) < 4.78 is -6.56. The molecule has 4 rings (SSSR count). The zero-order valence-electron chi connectivity index (χ0n) is 16.6. The highest BCUT2D eigenvalue weighted by Crippen LogP contribution is 2.56. The van der Waals surface area contributed by atoms with Gasteiger partial charge in [-0.15, -0.1) is 0 Å². The topological polar surface area (TPSA) is 84.0 Å². The Morgan fingerprint density at radius 3 is 0.943 bits per heavy atom. The molecule has 0 aliphatic carbocycles. The van der Waals surface area contributed by atoms with Gasteiger partial charge >= 0.3 is 0 Å². The Morgan fingerprint density at radius 1 is 0.486 bits per heavy atom. The number of ether oxygens (including phenoxy) is 1. The lowest BCUT2D eigenvalue weighted by atomic mass is 10.1. The normalized spacial score (nSPS) is 16.8. The van der Waals surface area contributed by atoms with E-state index < -0.39 is 41.6 Å². The molecule has 2 heterocycles. The molecule has 0 unspecified atom stereocenters. The predicted octanol–water partition coefficient (Wildman–Crippen LogP) is 6.12. The average Bonchev–Trinajstić information content (AvgIpc) is 3.18. The third-order valence-electron chi connectivity index (χ3n) is 5.11. The lowest BCUT2D eigenvalue weighted by molar-refractivity contribution is -0.0327. The van der Waals surface area contributed by atoms with Gasteiger partial charge in [-0.2, -0.15) is 0 Å². The van der Waals surface area contributed by atoms with Crippen molar-refractivity contribution < 1.29 is 23.9 Å². The largest absolute Gasteiger partial charge is 0.302 e. The Bertz CT molecular complexity index is 1130. The summed E-state index contributed by atoms with van der Waals surface area (Å²) in [6.07, 6.45) is 0. The monoisotopic (exact) mass is 636 g/mol. The predicted molar refractivity (Wildman–Crippen MR) is 133 cm³/mol. The van der Waals surface area contributed by atoms with Gasteiger partial charge in [-0.05, 0) is 24.3 Å². The summed E-state index contributed by atoms with van der Waals surface area (Å²) in [5.41, 5.74) is -0.147. The average molecular weight is 640 g/mol. The Labute approximate surface area is 237 Å². The van der Waals surface area contributed by atoms with E-state index in [4.69, 9.17) is 97.5 Å². The van der Waals surface area contributed by atoms with Crippen LogP contribution in [0.5, 0.6) is 0 Å². The fraction of sp³-hybridized carbons (Fsp3) is 0.200. The summed E-state index contributed by atoms with van der Waals surface area (Å²) in [5, 5.41) is 0. The number of rotatable bonds is 6. The molecule has 0 spiro atoms. The molecule has 0 atom stereocenters. The number of fused-ring (bicyclic) bond motifs is 2. The van der Waals surface area contributed by atoms with Gasteiger partial charge < -0.3 is 4.74 Å². The van der Waals surface area contributed by atoms with E-state index in [1.165, 1.54) is 48.5 Å². The van der Waals surface area contributed by atoms with Crippen molar-refractivity contribution in [1.29, 1.82) is 0 Å². The van der Waals surface area contributed by atoms with Crippen molar-refractivity contribution >= 4 is 116 Å². The number of nitrogens with zero attached hydrogens (tertiary/aromatic N) is 2. The highest BCUT2D eigenvalue weighted by molar-refractivity contribution is 6.65. The summed E-state index contributed by atoms with van der Waals surface area (Å²) in [6.45, 7) is 0.